The van der Waals surface area contributed by atoms with E-state index in [0.29, 0.717) is 5.91 Å². The van der Waals surface area contributed by atoms with Crippen molar-refractivity contribution in [2.75, 3.05) is 19.6 Å². The van der Waals surface area contributed by atoms with E-state index in [4.69, 9.17) is 0 Å². The number of carbonyl (C=O) groups is 1. The Labute approximate surface area is 75.1 Å². The van der Waals surface area contributed by atoms with Gasteiger partial charge in [0.15, 0.2) is 0 Å². The number of hydrogen-bond acceptors (Lipinski definition) is 1. The molecule has 1 fully saturated rings. The van der Waals surface area contributed by atoms with E-state index in [0.717, 1.165) is 37.0 Å². The normalized spacial score (nSPS) is 23.7. The van der Waals surface area contributed by atoms with Gasteiger partial charge in [0, 0.05) is 0 Å². The van der Waals surface area contributed by atoms with E-state index < -0.39 is 0 Å². The zero-order valence-electron chi connectivity index (χ0n) is 8.31. The van der Waals surface area contributed by atoms with Gasteiger partial charge >= 0.3 is 5.91 Å². The maximum atomic E-state index is 11.8. The smallest absolute Gasteiger partial charge is 0.261 e. The topological polar surface area (TPSA) is 17.1 Å². The number of likely N-dealkylation sites (tertiary alicyclic amines) is 1. The van der Waals surface area contributed by atoms with Crippen LogP contribution in [-0.4, -0.2) is 30.0 Å². The predicted molar refractivity (Wildman–Crippen MR) is 49.7 cm³/mol. The van der Waals surface area contributed by atoms with Gasteiger partial charge in [-0.05, 0) is 33.1 Å². The minimum absolute atomic E-state index is 0.470. The predicted octanol–water partition coefficient (Wildman–Crippen LogP) is 1.94. The SMILES string of the molecule is CC[N+]1(CC)CCCCCC1=O. The Morgan fingerprint density at radius 3 is 2.42 bits per heavy atom. The highest BCUT2D eigenvalue weighted by Crippen LogP contribution is 2.18. The van der Waals surface area contributed by atoms with Gasteiger partial charge in [-0.15, -0.1) is 0 Å². The molecule has 1 rings (SSSR count). The third kappa shape index (κ3) is 1.69. The van der Waals surface area contributed by atoms with Gasteiger partial charge in [-0.2, -0.15) is 0 Å². The van der Waals surface area contributed by atoms with Crippen LogP contribution in [0.5, 0.6) is 0 Å². The first-order valence-corrected chi connectivity index (χ1v) is 5.14. The zero-order chi connectivity index (χ0) is 9.03. The second-order valence-corrected chi connectivity index (χ2v) is 3.71. The van der Waals surface area contributed by atoms with Crippen molar-refractivity contribution in [3.8, 4) is 0 Å². The molecular weight excluding hydrogens is 150 g/mol. The van der Waals surface area contributed by atoms with E-state index in [-0.39, 0.29) is 0 Å². The maximum Gasteiger partial charge on any atom is 0.313 e. The molecule has 12 heavy (non-hydrogen) atoms. The summed E-state index contributed by atoms with van der Waals surface area (Å²) in [7, 11) is 0. The van der Waals surface area contributed by atoms with Crippen molar-refractivity contribution in [2.24, 2.45) is 0 Å². The molecule has 2 nitrogen and oxygen atoms in total. The Hall–Kier alpha value is -0.370. The summed E-state index contributed by atoms with van der Waals surface area (Å²) in [6.07, 6.45) is 4.39. The number of quaternary nitrogens is 1. The minimum atomic E-state index is 0.470. The second kappa shape index (κ2) is 4.04. The Morgan fingerprint density at radius 1 is 1.17 bits per heavy atom. The Morgan fingerprint density at radius 2 is 1.83 bits per heavy atom. The fourth-order valence-electron chi connectivity index (χ4n) is 2.12. The van der Waals surface area contributed by atoms with Gasteiger partial charge < -0.3 is 0 Å². The summed E-state index contributed by atoms with van der Waals surface area (Å²) in [5.41, 5.74) is 0. The lowest BCUT2D eigenvalue weighted by atomic mass is 10.2. The van der Waals surface area contributed by atoms with Crippen LogP contribution < -0.4 is 0 Å². The highest BCUT2D eigenvalue weighted by molar-refractivity contribution is 5.69. The maximum absolute atomic E-state index is 11.8. The molecule has 0 radical (unpaired) electrons. The van der Waals surface area contributed by atoms with E-state index >= 15 is 0 Å². The number of nitrogens with zero attached hydrogens (tertiary/aromatic N) is 1. The second-order valence-electron chi connectivity index (χ2n) is 3.71. The summed E-state index contributed by atoms with van der Waals surface area (Å²) in [4.78, 5) is 11.8. The minimum Gasteiger partial charge on any atom is -0.261 e. The van der Waals surface area contributed by atoms with Gasteiger partial charge in [0.2, 0.25) is 0 Å². The van der Waals surface area contributed by atoms with Crippen LogP contribution >= 0.6 is 0 Å². The fourth-order valence-corrected chi connectivity index (χ4v) is 2.12. The number of amides is 1. The molecule has 0 aromatic heterocycles. The summed E-state index contributed by atoms with van der Waals surface area (Å²) in [5.74, 6) is 0.470. The van der Waals surface area contributed by atoms with E-state index in [1.807, 2.05) is 0 Å². The lowest BCUT2D eigenvalue weighted by Gasteiger charge is -2.32. The Balaban J connectivity index is 2.73. The molecular formula is C10H20NO+. The lowest BCUT2D eigenvalue weighted by Crippen LogP contribution is -2.52. The molecule has 1 saturated heterocycles. The first kappa shape index (κ1) is 9.72. The third-order valence-corrected chi connectivity index (χ3v) is 3.22. The molecule has 1 heterocycles. The molecule has 0 N–H and O–H groups in total. The van der Waals surface area contributed by atoms with Crippen LogP contribution in [0.3, 0.4) is 0 Å². The van der Waals surface area contributed by atoms with Crippen LogP contribution in [-0.2, 0) is 4.79 Å². The summed E-state index contributed by atoms with van der Waals surface area (Å²) in [6.45, 7) is 7.30. The largest absolute Gasteiger partial charge is 0.313 e. The Kier molecular flexibility index (Phi) is 3.27. The number of rotatable bonds is 2. The van der Waals surface area contributed by atoms with Crippen LogP contribution in [0.25, 0.3) is 0 Å². The molecule has 0 spiro atoms. The van der Waals surface area contributed by atoms with Gasteiger partial charge in [0.1, 0.15) is 0 Å². The molecule has 0 aromatic carbocycles. The quantitative estimate of drug-likeness (QED) is 0.579. The zero-order valence-corrected chi connectivity index (χ0v) is 8.31. The molecule has 1 aliphatic rings. The fraction of sp³-hybridized carbons (Fsp3) is 0.900. The summed E-state index contributed by atoms with van der Waals surface area (Å²) in [5, 5.41) is 0. The Bertz CT molecular complexity index is 161. The van der Waals surface area contributed by atoms with Crippen molar-refractivity contribution < 1.29 is 9.28 Å². The van der Waals surface area contributed by atoms with Crippen LogP contribution in [0.4, 0.5) is 0 Å². The molecule has 2 heteroatoms. The van der Waals surface area contributed by atoms with E-state index in [2.05, 4.69) is 13.8 Å². The average molecular weight is 170 g/mol. The highest BCUT2D eigenvalue weighted by atomic mass is 16.2. The van der Waals surface area contributed by atoms with Gasteiger partial charge in [0.25, 0.3) is 0 Å². The molecule has 0 unspecified atom stereocenters. The van der Waals surface area contributed by atoms with E-state index in [1.165, 1.54) is 12.8 Å². The van der Waals surface area contributed by atoms with Crippen LogP contribution in [0.2, 0.25) is 0 Å². The van der Waals surface area contributed by atoms with Crippen LogP contribution in [0.1, 0.15) is 39.5 Å². The number of hydrogen-bond donors (Lipinski definition) is 0. The van der Waals surface area contributed by atoms with Gasteiger partial charge in [0.05, 0.1) is 26.1 Å². The summed E-state index contributed by atoms with van der Waals surface area (Å²) >= 11 is 0. The molecule has 70 valence electrons. The molecule has 0 atom stereocenters. The summed E-state index contributed by atoms with van der Waals surface area (Å²) < 4.78 is 0.736. The van der Waals surface area contributed by atoms with Crippen LogP contribution in [0, 0.1) is 0 Å². The molecule has 0 bridgehead atoms. The first-order chi connectivity index (χ1) is 5.75. The summed E-state index contributed by atoms with van der Waals surface area (Å²) in [6, 6.07) is 0. The first-order valence-electron chi connectivity index (χ1n) is 5.14. The molecule has 0 saturated carbocycles. The highest BCUT2D eigenvalue weighted by Gasteiger charge is 2.33. The number of carbonyl (C=O) groups excluding carboxylic acids is 1. The van der Waals surface area contributed by atoms with Crippen molar-refractivity contribution in [1.29, 1.82) is 0 Å². The van der Waals surface area contributed by atoms with E-state index in [9.17, 15) is 4.79 Å². The van der Waals surface area contributed by atoms with Gasteiger partial charge in [-0.3, -0.25) is 4.48 Å². The lowest BCUT2D eigenvalue weighted by molar-refractivity contribution is -0.850. The molecule has 0 aromatic rings. The van der Waals surface area contributed by atoms with Crippen molar-refractivity contribution >= 4 is 5.91 Å². The van der Waals surface area contributed by atoms with Crippen molar-refractivity contribution in [1.82, 2.24) is 0 Å². The standard InChI is InChI=1S/C10H20NO/c1-3-11(4-2)9-7-5-6-8-10(11)12/h3-9H2,1-2H3/q+1. The monoisotopic (exact) mass is 170 g/mol. The van der Waals surface area contributed by atoms with Gasteiger partial charge in [-0.1, -0.05) is 0 Å². The van der Waals surface area contributed by atoms with Crippen molar-refractivity contribution in [3.63, 3.8) is 0 Å². The average Bonchev–Trinajstić information content (AvgIpc) is 2.28. The van der Waals surface area contributed by atoms with Crippen molar-refractivity contribution in [3.05, 3.63) is 0 Å². The van der Waals surface area contributed by atoms with Gasteiger partial charge in [-0.25, -0.2) is 4.79 Å². The molecule has 1 amide bonds. The van der Waals surface area contributed by atoms with Crippen molar-refractivity contribution in [2.45, 2.75) is 39.5 Å². The molecule has 0 aliphatic carbocycles. The third-order valence-electron chi connectivity index (χ3n) is 3.22. The van der Waals surface area contributed by atoms with E-state index in [1.54, 1.807) is 0 Å². The van der Waals surface area contributed by atoms with Crippen LogP contribution in [0.15, 0.2) is 0 Å². The molecule has 1 aliphatic heterocycles.